The predicted molar refractivity (Wildman–Crippen MR) is 76.5 cm³/mol. The summed E-state index contributed by atoms with van der Waals surface area (Å²) < 4.78 is 0. The third-order valence-electron chi connectivity index (χ3n) is 3.92. The van der Waals surface area contributed by atoms with Crippen LogP contribution in [0.5, 0.6) is 0 Å². The zero-order chi connectivity index (χ0) is 12.3. The minimum atomic E-state index is 0.797. The first-order valence-electron chi connectivity index (χ1n) is 7.75. The normalized spacial score (nSPS) is 21.0. The lowest BCUT2D eigenvalue weighted by Gasteiger charge is -2.25. The monoisotopic (exact) mass is 240 g/mol. The summed E-state index contributed by atoms with van der Waals surface area (Å²) in [5.41, 5.74) is 0. The molecule has 0 aromatic carbocycles. The molecule has 0 saturated carbocycles. The quantitative estimate of drug-likeness (QED) is 0.621. The second-order valence-corrected chi connectivity index (χ2v) is 5.65. The highest BCUT2D eigenvalue weighted by Crippen LogP contribution is 2.10. The van der Waals surface area contributed by atoms with Gasteiger partial charge in [-0.1, -0.05) is 39.0 Å². The molecule has 1 aliphatic rings. The van der Waals surface area contributed by atoms with Crippen LogP contribution in [0.4, 0.5) is 0 Å². The van der Waals surface area contributed by atoms with E-state index in [1.165, 1.54) is 77.4 Å². The summed E-state index contributed by atoms with van der Waals surface area (Å²) in [5.74, 6) is 0. The lowest BCUT2D eigenvalue weighted by molar-refractivity contribution is 0.282. The van der Waals surface area contributed by atoms with E-state index in [1.54, 1.807) is 0 Å². The van der Waals surface area contributed by atoms with Gasteiger partial charge >= 0.3 is 0 Å². The van der Waals surface area contributed by atoms with Gasteiger partial charge in [-0.25, -0.2) is 0 Å². The Labute approximate surface area is 108 Å². The molecule has 0 bridgehead atoms. The molecule has 0 aromatic heterocycles. The topological polar surface area (TPSA) is 15.3 Å². The summed E-state index contributed by atoms with van der Waals surface area (Å²) in [7, 11) is 2.28. The maximum Gasteiger partial charge on any atom is 0.00792 e. The number of hydrogen-bond donors (Lipinski definition) is 1. The lowest BCUT2D eigenvalue weighted by Crippen LogP contribution is -2.36. The van der Waals surface area contributed by atoms with Gasteiger partial charge in [0.1, 0.15) is 0 Å². The highest BCUT2D eigenvalue weighted by molar-refractivity contribution is 4.73. The molecule has 1 unspecified atom stereocenters. The zero-order valence-electron chi connectivity index (χ0n) is 12.0. The van der Waals surface area contributed by atoms with Crippen molar-refractivity contribution in [1.82, 2.24) is 10.2 Å². The zero-order valence-corrected chi connectivity index (χ0v) is 12.0. The van der Waals surface area contributed by atoms with Crippen LogP contribution in [0, 0.1) is 0 Å². The molecular weight excluding hydrogens is 208 g/mol. The fraction of sp³-hybridized carbons (Fsp3) is 1.00. The highest BCUT2D eigenvalue weighted by Gasteiger charge is 2.12. The van der Waals surface area contributed by atoms with Crippen molar-refractivity contribution < 1.29 is 0 Å². The van der Waals surface area contributed by atoms with Gasteiger partial charge in [-0.3, -0.25) is 0 Å². The SMILES string of the molecule is CCCCCCCN(C)CCC1CCCCN1. The van der Waals surface area contributed by atoms with Gasteiger partial charge in [0, 0.05) is 6.04 Å². The van der Waals surface area contributed by atoms with Gasteiger partial charge in [-0.2, -0.15) is 0 Å². The summed E-state index contributed by atoms with van der Waals surface area (Å²) in [6.45, 7) is 6.08. The van der Waals surface area contributed by atoms with Crippen LogP contribution in [0.25, 0.3) is 0 Å². The summed E-state index contributed by atoms with van der Waals surface area (Å²) in [5, 5.41) is 3.63. The van der Waals surface area contributed by atoms with Gasteiger partial charge in [0.05, 0.1) is 0 Å². The molecule has 0 radical (unpaired) electrons. The Kier molecular flexibility index (Phi) is 8.72. The molecule has 1 atom stereocenters. The number of nitrogens with zero attached hydrogens (tertiary/aromatic N) is 1. The average molecular weight is 240 g/mol. The maximum absolute atomic E-state index is 3.63. The highest BCUT2D eigenvalue weighted by atomic mass is 15.1. The van der Waals surface area contributed by atoms with Crippen molar-refractivity contribution in [2.24, 2.45) is 0 Å². The first kappa shape index (κ1) is 15.0. The molecular formula is C15H32N2. The fourth-order valence-electron chi connectivity index (χ4n) is 2.64. The van der Waals surface area contributed by atoms with Crippen LogP contribution >= 0.6 is 0 Å². The Morgan fingerprint density at radius 2 is 1.88 bits per heavy atom. The molecule has 0 spiro atoms. The molecule has 1 fully saturated rings. The minimum Gasteiger partial charge on any atom is -0.314 e. The van der Waals surface area contributed by atoms with Crippen LogP contribution in [-0.4, -0.2) is 37.6 Å². The van der Waals surface area contributed by atoms with Gasteiger partial charge < -0.3 is 10.2 Å². The molecule has 17 heavy (non-hydrogen) atoms. The number of rotatable bonds is 9. The van der Waals surface area contributed by atoms with Crippen molar-refractivity contribution in [2.45, 2.75) is 70.8 Å². The predicted octanol–water partition coefficient (Wildman–Crippen LogP) is 3.42. The van der Waals surface area contributed by atoms with Crippen LogP contribution in [0.3, 0.4) is 0 Å². The Morgan fingerprint density at radius 3 is 2.59 bits per heavy atom. The number of hydrogen-bond acceptors (Lipinski definition) is 2. The Morgan fingerprint density at radius 1 is 1.06 bits per heavy atom. The van der Waals surface area contributed by atoms with Crippen molar-refractivity contribution >= 4 is 0 Å². The first-order chi connectivity index (χ1) is 8.33. The van der Waals surface area contributed by atoms with E-state index in [0.717, 1.165) is 6.04 Å². The Bertz CT molecular complexity index is 164. The van der Waals surface area contributed by atoms with Crippen LogP contribution in [0.1, 0.15) is 64.7 Å². The average Bonchev–Trinajstić information content (AvgIpc) is 2.37. The molecule has 1 rings (SSSR count). The van der Waals surface area contributed by atoms with Crippen molar-refractivity contribution in [2.75, 3.05) is 26.7 Å². The van der Waals surface area contributed by atoms with Crippen LogP contribution < -0.4 is 5.32 Å². The standard InChI is InChI=1S/C15H32N2/c1-3-4-5-6-9-13-17(2)14-11-15-10-7-8-12-16-15/h15-16H,3-14H2,1-2H3. The van der Waals surface area contributed by atoms with E-state index in [4.69, 9.17) is 0 Å². The first-order valence-corrected chi connectivity index (χ1v) is 7.75. The largest absolute Gasteiger partial charge is 0.314 e. The molecule has 1 N–H and O–H groups in total. The molecule has 0 aliphatic carbocycles. The van der Waals surface area contributed by atoms with E-state index in [0.29, 0.717) is 0 Å². The summed E-state index contributed by atoms with van der Waals surface area (Å²) in [6.07, 6.45) is 12.5. The molecule has 0 amide bonds. The van der Waals surface area contributed by atoms with Gasteiger partial charge in [0.15, 0.2) is 0 Å². The van der Waals surface area contributed by atoms with Gasteiger partial charge in [-0.15, -0.1) is 0 Å². The van der Waals surface area contributed by atoms with E-state index >= 15 is 0 Å². The number of nitrogens with one attached hydrogen (secondary N) is 1. The Hall–Kier alpha value is -0.0800. The maximum atomic E-state index is 3.63. The Balaban J connectivity index is 1.91. The number of unbranched alkanes of at least 4 members (excludes halogenated alkanes) is 4. The minimum absolute atomic E-state index is 0.797. The smallest absolute Gasteiger partial charge is 0.00792 e. The van der Waals surface area contributed by atoms with Gasteiger partial charge in [0.2, 0.25) is 0 Å². The second-order valence-electron chi connectivity index (χ2n) is 5.65. The molecule has 2 heteroatoms. The van der Waals surface area contributed by atoms with E-state index in [1.807, 2.05) is 0 Å². The van der Waals surface area contributed by atoms with Crippen molar-refractivity contribution in [3.05, 3.63) is 0 Å². The third kappa shape index (κ3) is 7.77. The molecule has 1 saturated heterocycles. The summed E-state index contributed by atoms with van der Waals surface area (Å²) in [4.78, 5) is 2.52. The van der Waals surface area contributed by atoms with E-state index in [9.17, 15) is 0 Å². The van der Waals surface area contributed by atoms with Crippen molar-refractivity contribution in [1.29, 1.82) is 0 Å². The van der Waals surface area contributed by atoms with Crippen LogP contribution in [0.2, 0.25) is 0 Å². The van der Waals surface area contributed by atoms with E-state index in [2.05, 4.69) is 24.2 Å². The summed E-state index contributed by atoms with van der Waals surface area (Å²) >= 11 is 0. The number of piperidine rings is 1. The lowest BCUT2D eigenvalue weighted by atomic mass is 10.0. The van der Waals surface area contributed by atoms with Gasteiger partial charge in [0.25, 0.3) is 0 Å². The van der Waals surface area contributed by atoms with Crippen molar-refractivity contribution in [3.63, 3.8) is 0 Å². The van der Waals surface area contributed by atoms with Crippen LogP contribution in [-0.2, 0) is 0 Å². The van der Waals surface area contributed by atoms with E-state index in [-0.39, 0.29) is 0 Å². The van der Waals surface area contributed by atoms with Gasteiger partial charge in [-0.05, 0) is 52.4 Å². The fourth-order valence-corrected chi connectivity index (χ4v) is 2.64. The summed E-state index contributed by atoms with van der Waals surface area (Å²) in [6, 6.07) is 0.797. The molecule has 0 aromatic rings. The van der Waals surface area contributed by atoms with Crippen LogP contribution in [0.15, 0.2) is 0 Å². The molecule has 102 valence electrons. The molecule has 2 nitrogen and oxygen atoms in total. The molecule has 1 heterocycles. The molecule has 1 aliphatic heterocycles. The third-order valence-corrected chi connectivity index (χ3v) is 3.92. The van der Waals surface area contributed by atoms with E-state index < -0.39 is 0 Å². The second kappa shape index (κ2) is 9.90. The van der Waals surface area contributed by atoms with Crippen molar-refractivity contribution in [3.8, 4) is 0 Å².